The van der Waals surface area contributed by atoms with Gasteiger partial charge < -0.3 is 9.53 Å². The van der Waals surface area contributed by atoms with E-state index in [9.17, 15) is 9.59 Å². The van der Waals surface area contributed by atoms with Crippen LogP contribution >= 0.6 is 0 Å². The number of methoxy groups -OCH3 is 1. The highest BCUT2D eigenvalue weighted by Gasteiger charge is 2.53. The molecule has 0 amide bonds. The molecule has 0 aromatic rings. The normalized spacial score (nSPS) is 36.9. The van der Waals surface area contributed by atoms with E-state index in [1.165, 1.54) is 13.5 Å². The lowest BCUT2D eigenvalue weighted by atomic mass is 9.49. The first-order valence-electron chi connectivity index (χ1n) is 7.10. The van der Waals surface area contributed by atoms with Gasteiger partial charge in [-0.3, -0.25) is 0 Å². The van der Waals surface area contributed by atoms with Crippen molar-refractivity contribution >= 4 is 12.3 Å². The van der Waals surface area contributed by atoms with E-state index in [2.05, 4.69) is 20.8 Å². The molecule has 2 aliphatic rings. The van der Waals surface area contributed by atoms with Crippen LogP contribution < -0.4 is 0 Å². The molecule has 2 rings (SSSR count). The maximum atomic E-state index is 11.9. The average molecular weight is 264 g/mol. The molecule has 0 spiro atoms. The molecular weight excluding hydrogens is 240 g/mol. The lowest BCUT2D eigenvalue weighted by molar-refractivity contribution is -0.141. The first-order valence-corrected chi connectivity index (χ1v) is 7.10. The largest absolute Gasteiger partial charge is 0.466 e. The number of ether oxygens (including phenoxy) is 1. The third-order valence-corrected chi connectivity index (χ3v) is 5.45. The number of rotatable bonds is 2. The Hall–Kier alpha value is -1.12. The minimum Gasteiger partial charge on any atom is -0.466 e. The predicted octanol–water partition coefficient (Wildman–Crippen LogP) is 3.14. The molecule has 3 heteroatoms. The fraction of sp³-hybridized carbons (Fsp3) is 0.750. The zero-order valence-electron chi connectivity index (χ0n) is 12.4. The van der Waals surface area contributed by atoms with Gasteiger partial charge in [-0.05, 0) is 36.0 Å². The van der Waals surface area contributed by atoms with Crippen molar-refractivity contribution in [3.05, 3.63) is 11.6 Å². The molecule has 1 fully saturated rings. The van der Waals surface area contributed by atoms with Gasteiger partial charge in [0.05, 0.1) is 13.0 Å². The minimum absolute atomic E-state index is 0.109. The van der Waals surface area contributed by atoms with Crippen molar-refractivity contribution in [2.45, 2.75) is 46.5 Å². The van der Waals surface area contributed by atoms with Crippen LogP contribution in [0.1, 0.15) is 46.5 Å². The monoisotopic (exact) mass is 264 g/mol. The van der Waals surface area contributed by atoms with Crippen LogP contribution in [0.25, 0.3) is 0 Å². The molecule has 3 atom stereocenters. The van der Waals surface area contributed by atoms with Gasteiger partial charge in [-0.25, -0.2) is 4.79 Å². The second-order valence-corrected chi connectivity index (χ2v) is 6.90. The van der Waals surface area contributed by atoms with E-state index in [1.807, 2.05) is 6.08 Å². The van der Waals surface area contributed by atoms with Gasteiger partial charge >= 0.3 is 5.97 Å². The number of hydrogen-bond donors (Lipinski definition) is 0. The summed E-state index contributed by atoms with van der Waals surface area (Å²) in [6.07, 6.45) is 7.09. The Morgan fingerprint density at radius 3 is 2.63 bits per heavy atom. The standard InChI is InChI=1S/C16H24O3/c1-15(2)8-5-9-16(3)12(10-17)11(14(18)19-4)6-7-13(15)16/h6,10,12-13H,5,7-9H2,1-4H3/t12-,13-,16+/m0/s1. The first kappa shape index (κ1) is 14.3. The molecule has 0 radical (unpaired) electrons. The predicted molar refractivity (Wildman–Crippen MR) is 73.5 cm³/mol. The number of carbonyl (C=O) groups excluding carboxylic acids is 2. The van der Waals surface area contributed by atoms with Gasteiger partial charge in [-0.15, -0.1) is 0 Å². The van der Waals surface area contributed by atoms with E-state index in [-0.39, 0.29) is 22.7 Å². The molecule has 0 heterocycles. The van der Waals surface area contributed by atoms with Crippen molar-refractivity contribution in [2.75, 3.05) is 7.11 Å². The molecule has 0 aliphatic heterocycles. The smallest absolute Gasteiger partial charge is 0.334 e. The number of aldehydes is 1. The molecule has 0 bridgehead atoms. The van der Waals surface area contributed by atoms with E-state index in [0.29, 0.717) is 11.5 Å². The van der Waals surface area contributed by atoms with E-state index >= 15 is 0 Å². The van der Waals surface area contributed by atoms with Crippen LogP contribution in [0.15, 0.2) is 11.6 Å². The van der Waals surface area contributed by atoms with Gasteiger partial charge in [0.2, 0.25) is 0 Å². The lowest BCUT2D eigenvalue weighted by Gasteiger charge is -2.55. The quantitative estimate of drug-likeness (QED) is 0.568. The number of hydrogen-bond acceptors (Lipinski definition) is 3. The third kappa shape index (κ3) is 2.13. The van der Waals surface area contributed by atoms with Crippen molar-refractivity contribution in [1.82, 2.24) is 0 Å². The molecule has 3 nitrogen and oxygen atoms in total. The van der Waals surface area contributed by atoms with Crippen molar-refractivity contribution in [2.24, 2.45) is 22.7 Å². The fourth-order valence-corrected chi connectivity index (χ4v) is 4.41. The highest BCUT2D eigenvalue weighted by molar-refractivity contribution is 5.93. The van der Waals surface area contributed by atoms with Crippen molar-refractivity contribution < 1.29 is 14.3 Å². The summed E-state index contributed by atoms with van der Waals surface area (Å²) in [4.78, 5) is 23.5. The Labute approximate surface area is 115 Å². The van der Waals surface area contributed by atoms with Crippen LogP contribution in [-0.2, 0) is 14.3 Å². The van der Waals surface area contributed by atoms with Crippen LogP contribution in [0, 0.1) is 22.7 Å². The molecular formula is C16H24O3. The maximum Gasteiger partial charge on any atom is 0.334 e. The van der Waals surface area contributed by atoms with Crippen molar-refractivity contribution in [3.63, 3.8) is 0 Å². The number of esters is 1. The van der Waals surface area contributed by atoms with Gasteiger partial charge in [0.15, 0.2) is 0 Å². The Morgan fingerprint density at radius 2 is 2.05 bits per heavy atom. The van der Waals surface area contributed by atoms with Gasteiger partial charge in [-0.1, -0.05) is 33.3 Å². The lowest BCUT2D eigenvalue weighted by Crippen LogP contribution is -2.50. The van der Waals surface area contributed by atoms with Crippen LogP contribution in [0.5, 0.6) is 0 Å². The zero-order chi connectivity index (χ0) is 14.3. The molecule has 0 aromatic carbocycles. The van der Waals surface area contributed by atoms with Crippen LogP contribution in [0.2, 0.25) is 0 Å². The summed E-state index contributed by atoms with van der Waals surface area (Å²) in [6.45, 7) is 6.75. The fourth-order valence-electron chi connectivity index (χ4n) is 4.41. The first-order chi connectivity index (χ1) is 8.86. The molecule has 1 saturated carbocycles. The van der Waals surface area contributed by atoms with Crippen LogP contribution in [0.3, 0.4) is 0 Å². The average Bonchev–Trinajstić information content (AvgIpc) is 2.35. The van der Waals surface area contributed by atoms with E-state index < -0.39 is 0 Å². The summed E-state index contributed by atoms with van der Waals surface area (Å²) in [6, 6.07) is 0. The summed E-state index contributed by atoms with van der Waals surface area (Å²) in [5.41, 5.74) is 0.683. The van der Waals surface area contributed by atoms with E-state index in [4.69, 9.17) is 4.74 Å². The van der Waals surface area contributed by atoms with Crippen LogP contribution in [0.4, 0.5) is 0 Å². The van der Waals surface area contributed by atoms with Crippen molar-refractivity contribution in [1.29, 1.82) is 0 Å². The van der Waals surface area contributed by atoms with Gasteiger partial charge in [0.1, 0.15) is 6.29 Å². The highest BCUT2D eigenvalue weighted by Crippen LogP contribution is 2.59. The van der Waals surface area contributed by atoms with Gasteiger partial charge in [0.25, 0.3) is 0 Å². The minimum atomic E-state index is -0.347. The van der Waals surface area contributed by atoms with Gasteiger partial charge in [0, 0.05) is 5.57 Å². The van der Waals surface area contributed by atoms with E-state index in [1.54, 1.807) is 0 Å². The number of fused-ring (bicyclic) bond motifs is 1. The summed E-state index contributed by atoms with van der Waals surface area (Å²) in [5, 5.41) is 0. The number of allylic oxidation sites excluding steroid dienone is 1. The summed E-state index contributed by atoms with van der Waals surface area (Å²) in [5.74, 6) is -0.212. The zero-order valence-corrected chi connectivity index (χ0v) is 12.4. The maximum absolute atomic E-state index is 11.9. The van der Waals surface area contributed by atoms with Gasteiger partial charge in [-0.2, -0.15) is 0 Å². The Bertz CT molecular complexity index is 422. The third-order valence-electron chi connectivity index (χ3n) is 5.45. The second-order valence-electron chi connectivity index (χ2n) is 6.90. The second kappa shape index (κ2) is 4.77. The summed E-state index contributed by atoms with van der Waals surface area (Å²) in [7, 11) is 1.38. The molecule has 0 saturated heterocycles. The SMILES string of the molecule is COC(=O)C1=CC[C@H]2C(C)(C)CCC[C@]2(C)[C@H]1C=O. The molecule has 0 aromatic heterocycles. The van der Waals surface area contributed by atoms with Crippen LogP contribution in [-0.4, -0.2) is 19.4 Å². The topological polar surface area (TPSA) is 43.4 Å². The summed E-state index contributed by atoms with van der Waals surface area (Å²) < 4.78 is 4.83. The molecule has 0 unspecified atom stereocenters. The summed E-state index contributed by atoms with van der Waals surface area (Å²) >= 11 is 0. The molecule has 19 heavy (non-hydrogen) atoms. The van der Waals surface area contributed by atoms with E-state index in [0.717, 1.165) is 25.5 Å². The Kier molecular flexibility index (Phi) is 3.59. The molecule has 0 N–H and O–H groups in total. The highest BCUT2D eigenvalue weighted by atomic mass is 16.5. The van der Waals surface area contributed by atoms with Crippen molar-refractivity contribution in [3.8, 4) is 0 Å². The Morgan fingerprint density at radius 1 is 1.37 bits per heavy atom. The Balaban J connectivity index is 2.44. The number of carbonyl (C=O) groups is 2. The molecule has 2 aliphatic carbocycles. The molecule has 106 valence electrons.